The van der Waals surface area contributed by atoms with Gasteiger partial charge in [-0.05, 0) is 62.4 Å². The van der Waals surface area contributed by atoms with Gasteiger partial charge in [0, 0.05) is 13.6 Å². The molecular formula is C22H28O5. The van der Waals surface area contributed by atoms with Crippen molar-refractivity contribution in [1.29, 1.82) is 0 Å². The zero-order chi connectivity index (χ0) is 23.9. The molecule has 1 heterocycles. The number of epoxide rings is 1. The van der Waals surface area contributed by atoms with Crippen molar-refractivity contribution in [3.05, 3.63) is 23.8 Å². The van der Waals surface area contributed by atoms with Crippen molar-refractivity contribution in [3.8, 4) is 0 Å². The van der Waals surface area contributed by atoms with E-state index >= 15 is 0 Å². The number of carbonyl (C=O) groups excluding carboxylic acids is 2. The number of Topliss-reactive ketones (excluding diaryl/α,β-unsaturated/α-hetero) is 1. The molecule has 27 heavy (non-hydrogen) atoms. The molecule has 4 aliphatic carbocycles. The quantitative estimate of drug-likeness (QED) is 0.719. The number of aliphatic hydroxyl groups is 2. The maximum Gasteiger partial charge on any atom is 0.190 e. The molecule has 5 heteroatoms. The Morgan fingerprint density at radius 3 is 2.93 bits per heavy atom. The number of hydrogen-bond acceptors (Lipinski definition) is 5. The van der Waals surface area contributed by atoms with E-state index in [0.29, 0.717) is 6.42 Å². The Morgan fingerprint density at radius 2 is 2.22 bits per heavy atom. The molecule has 3 saturated carbocycles. The molecule has 146 valence electrons. The van der Waals surface area contributed by atoms with Gasteiger partial charge in [0.25, 0.3) is 0 Å². The predicted molar refractivity (Wildman–Crippen MR) is 97.7 cm³/mol. The van der Waals surface area contributed by atoms with Crippen LogP contribution in [0.15, 0.2) is 23.8 Å². The minimum Gasteiger partial charge on any atom is -0.388 e. The van der Waals surface area contributed by atoms with E-state index in [1.54, 1.807) is 26.8 Å². The first kappa shape index (κ1) is 13.0. The maximum absolute atomic E-state index is 13.0. The van der Waals surface area contributed by atoms with Crippen molar-refractivity contribution >= 4 is 11.6 Å². The summed E-state index contributed by atoms with van der Waals surface area (Å²) in [6, 6.07) is -0.338. The van der Waals surface area contributed by atoms with E-state index in [2.05, 4.69) is 0 Å². The lowest BCUT2D eigenvalue weighted by atomic mass is 9.46. The van der Waals surface area contributed by atoms with Gasteiger partial charge in [0.2, 0.25) is 0 Å². The fourth-order valence-electron chi connectivity index (χ4n) is 7.07. The van der Waals surface area contributed by atoms with Crippen LogP contribution >= 0.6 is 0 Å². The van der Waals surface area contributed by atoms with Crippen molar-refractivity contribution in [2.24, 2.45) is 28.6 Å². The van der Waals surface area contributed by atoms with Gasteiger partial charge in [-0.3, -0.25) is 9.59 Å². The summed E-state index contributed by atoms with van der Waals surface area (Å²) < 4.78 is 47.3. The number of allylic oxidation sites excluding steroid dienone is 2. The van der Waals surface area contributed by atoms with Crippen LogP contribution in [-0.4, -0.2) is 45.6 Å². The van der Waals surface area contributed by atoms with Crippen LogP contribution in [0, 0.1) is 28.6 Å². The van der Waals surface area contributed by atoms with Crippen LogP contribution in [0.5, 0.6) is 0 Å². The molecular weight excluding hydrogens is 344 g/mol. The van der Waals surface area contributed by atoms with Gasteiger partial charge in [-0.15, -0.1) is 0 Å². The third-order valence-corrected chi connectivity index (χ3v) is 8.51. The van der Waals surface area contributed by atoms with Crippen LogP contribution in [0.4, 0.5) is 0 Å². The third-order valence-electron chi connectivity index (χ3n) is 8.51. The lowest BCUT2D eigenvalue weighted by molar-refractivity contribution is -0.165. The number of fused-ring (bicyclic) bond motifs is 3. The SMILES string of the molecule is [2H]C1=C2C([2H])([2H])C[C@H]3[C@@H]4C[C@H](C)[C@](O)(C(=O)C([2H])([2H])O)[C@@]4(C)CC4OC43[C@@]2(C)C=CC1=O. The van der Waals surface area contributed by atoms with Crippen molar-refractivity contribution in [2.75, 3.05) is 6.56 Å². The van der Waals surface area contributed by atoms with Gasteiger partial charge in [0.15, 0.2) is 11.6 Å². The largest absolute Gasteiger partial charge is 0.388 e. The zero-order valence-electron chi connectivity index (χ0n) is 20.7. The molecule has 0 bridgehead atoms. The van der Waals surface area contributed by atoms with E-state index in [1.807, 2.05) is 0 Å². The summed E-state index contributed by atoms with van der Waals surface area (Å²) in [5.41, 5.74) is -5.00. The van der Waals surface area contributed by atoms with Gasteiger partial charge in [-0.25, -0.2) is 0 Å². The molecule has 2 unspecified atom stereocenters. The Morgan fingerprint density at radius 1 is 1.48 bits per heavy atom. The monoisotopic (exact) mass is 377 g/mol. The van der Waals surface area contributed by atoms with Crippen LogP contribution in [-0.2, 0) is 14.3 Å². The van der Waals surface area contributed by atoms with Gasteiger partial charge < -0.3 is 14.9 Å². The van der Waals surface area contributed by atoms with Crippen LogP contribution < -0.4 is 0 Å². The maximum atomic E-state index is 13.0. The van der Waals surface area contributed by atoms with E-state index in [4.69, 9.17) is 11.6 Å². The second-order valence-electron chi connectivity index (χ2n) is 9.36. The number of ether oxygens (including phenoxy) is 1. The summed E-state index contributed by atoms with van der Waals surface area (Å²) in [4.78, 5) is 25.2. The second-order valence-corrected chi connectivity index (χ2v) is 9.36. The highest BCUT2D eigenvalue weighted by Crippen LogP contribution is 2.76. The second kappa shape index (κ2) is 5.00. The van der Waals surface area contributed by atoms with Crippen molar-refractivity contribution < 1.29 is 31.4 Å². The molecule has 5 aliphatic rings. The molecule has 0 aromatic rings. The molecule has 0 aromatic heterocycles. The van der Waals surface area contributed by atoms with Gasteiger partial charge in [-0.1, -0.05) is 25.5 Å². The number of carbonyl (C=O) groups is 2. The Kier molecular flexibility index (Phi) is 2.41. The molecule has 0 amide bonds. The van der Waals surface area contributed by atoms with Crippen molar-refractivity contribution in [3.63, 3.8) is 0 Å². The lowest BCUT2D eigenvalue weighted by Crippen LogP contribution is -2.62. The first-order valence-electron chi connectivity index (χ1n) is 12.1. The van der Waals surface area contributed by atoms with Gasteiger partial charge in [-0.2, -0.15) is 0 Å². The first-order chi connectivity index (χ1) is 14.5. The van der Waals surface area contributed by atoms with E-state index in [0.717, 1.165) is 0 Å². The van der Waals surface area contributed by atoms with Crippen LogP contribution in [0.3, 0.4) is 0 Å². The van der Waals surface area contributed by atoms with Crippen LogP contribution in [0.1, 0.15) is 53.3 Å². The fraction of sp³-hybridized carbons (Fsp3) is 0.727. The van der Waals surface area contributed by atoms with Gasteiger partial charge in [0.1, 0.15) is 17.8 Å². The smallest absolute Gasteiger partial charge is 0.190 e. The predicted octanol–water partition coefficient (Wildman–Crippen LogP) is 1.96. The Balaban J connectivity index is 1.66. The van der Waals surface area contributed by atoms with E-state index in [9.17, 15) is 19.8 Å². The molecule has 1 spiro atoms. The van der Waals surface area contributed by atoms with Crippen molar-refractivity contribution in [2.45, 2.75) is 63.7 Å². The Hall–Kier alpha value is -1.30. The normalized spacial score (nSPS) is 60.6. The van der Waals surface area contributed by atoms with Gasteiger partial charge >= 0.3 is 0 Å². The van der Waals surface area contributed by atoms with E-state index in [1.165, 1.54) is 6.08 Å². The summed E-state index contributed by atoms with van der Waals surface area (Å²) >= 11 is 0. The molecule has 5 nitrogen and oxygen atoms in total. The van der Waals surface area contributed by atoms with Crippen molar-refractivity contribution in [1.82, 2.24) is 0 Å². The molecule has 4 fully saturated rings. The molecule has 0 radical (unpaired) electrons. The Bertz CT molecular complexity index is 1020. The Labute approximate surface area is 166 Å². The highest BCUT2D eigenvalue weighted by Gasteiger charge is 2.81. The fourth-order valence-corrected chi connectivity index (χ4v) is 7.07. The molecule has 8 atom stereocenters. The van der Waals surface area contributed by atoms with E-state index < -0.39 is 64.5 Å². The number of hydrogen-bond donors (Lipinski definition) is 2. The summed E-state index contributed by atoms with van der Waals surface area (Å²) in [6.07, 6.45) is 1.10. The topological polar surface area (TPSA) is 87.1 Å². The number of rotatable bonds is 2. The summed E-state index contributed by atoms with van der Waals surface area (Å²) in [6.45, 7) is 1.98. The van der Waals surface area contributed by atoms with Crippen LogP contribution in [0.2, 0.25) is 0 Å². The van der Waals surface area contributed by atoms with Crippen LogP contribution in [0.25, 0.3) is 0 Å². The lowest BCUT2D eigenvalue weighted by Gasteiger charge is -2.55. The summed E-state index contributed by atoms with van der Waals surface area (Å²) in [5, 5.41) is 21.5. The minimum absolute atomic E-state index is 0.0266. The zero-order valence-corrected chi connectivity index (χ0v) is 15.7. The summed E-state index contributed by atoms with van der Waals surface area (Å²) in [7, 11) is 0. The highest BCUT2D eigenvalue weighted by molar-refractivity contribution is 6.01. The molecule has 5 rings (SSSR count). The average molecular weight is 377 g/mol. The third kappa shape index (κ3) is 1.73. The standard InChI is InChI=1S/C22H28O5/c1-12-8-16-15-5-4-13-9-14(24)6-7-19(13,2)22(15)18(27-22)10-20(16,3)21(12,26)17(25)11-23/h6-7,9,12,15-16,18,23,26H,4-5,8,10-11H2,1-3H3/t12-,15-,16-,18?,19-,20-,21-,22?/m0/s1/i4D2,9D,11D2. The van der Waals surface area contributed by atoms with E-state index in [-0.39, 0.29) is 30.4 Å². The molecule has 2 N–H and O–H groups in total. The minimum atomic E-state index is -3.20. The number of ketones is 2. The summed E-state index contributed by atoms with van der Waals surface area (Å²) in [5.74, 6) is -3.24. The first-order valence-corrected chi connectivity index (χ1v) is 9.61. The molecule has 1 saturated heterocycles. The molecule has 0 aromatic carbocycles. The van der Waals surface area contributed by atoms with Gasteiger partial charge in [0.05, 0.1) is 10.2 Å². The average Bonchev–Trinajstić information content (AvgIpc) is 3.35. The molecule has 1 aliphatic heterocycles. The highest BCUT2D eigenvalue weighted by atomic mass is 16.6.